The minimum Gasteiger partial charge on any atom is -0.478 e. The van der Waals surface area contributed by atoms with Crippen molar-refractivity contribution < 1.29 is 9.53 Å². The minimum atomic E-state index is -0.216. The Labute approximate surface area is 123 Å². The van der Waals surface area contributed by atoms with Gasteiger partial charge in [-0.2, -0.15) is 0 Å². The summed E-state index contributed by atoms with van der Waals surface area (Å²) in [6.45, 7) is 6.44. The van der Waals surface area contributed by atoms with Crippen LogP contribution in [-0.4, -0.2) is 22.1 Å². The highest BCUT2D eigenvalue weighted by molar-refractivity contribution is 6.03. The first-order valence-electron chi connectivity index (χ1n) is 6.88. The maximum atomic E-state index is 12.3. The first-order chi connectivity index (χ1) is 10.0. The molecule has 0 unspecified atom stereocenters. The van der Waals surface area contributed by atoms with E-state index in [0.29, 0.717) is 29.6 Å². The number of nitrogens with zero attached hydrogens (tertiary/aromatic N) is 2. The summed E-state index contributed by atoms with van der Waals surface area (Å²) in [7, 11) is 0. The molecule has 0 saturated carbocycles. The van der Waals surface area contributed by atoms with Gasteiger partial charge in [-0.25, -0.2) is 4.98 Å². The van der Waals surface area contributed by atoms with Gasteiger partial charge in [-0.05, 0) is 32.9 Å². The van der Waals surface area contributed by atoms with Crippen LogP contribution in [-0.2, 0) is 0 Å². The third-order valence-corrected chi connectivity index (χ3v) is 2.95. The van der Waals surface area contributed by atoms with Crippen LogP contribution in [0.2, 0.25) is 0 Å². The molecule has 2 heterocycles. The molecule has 6 heteroatoms. The lowest BCUT2D eigenvalue weighted by Gasteiger charge is -2.12. The Morgan fingerprint density at radius 1 is 1.48 bits per heavy atom. The molecule has 21 heavy (non-hydrogen) atoms. The van der Waals surface area contributed by atoms with Crippen LogP contribution in [0.3, 0.4) is 0 Å². The minimum absolute atomic E-state index is 0.154. The fourth-order valence-corrected chi connectivity index (χ4v) is 1.99. The van der Waals surface area contributed by atoms with Gasteiger partial charge < -0.3 is 20.4 Å². The smallest absolute Gasteiger partial charge is 0.272 e. The van der Waals surface area contributed by atoms with E-state index in [1.54, 1.807) is 30.6 Å². The third-order valence-electron chi connectivity index (χ3n) is 2.95. The van der Waals surface area contributed by atoms with E-state index in [4.69, 9.17) is 10.5 Å². The topological polar surface area (TPSA) is 82.2 Å². The summed E-state index contributed by atoms with van der Waals surface area (Å²) in [5.41, 5.74) is 7.47. The van der Waals surface area contributed by atoms with Gasteiger partial charge in [-0.15, -0.1) is 0 Å². The number of pyridine rings is 1. The predicted octanol–water partition coefficient (Wildman–Crippen LogP) is 2.70. The summed E-state index contributed by atoms with van der Waals surface area (Å²) in [5.74, 6) is 0.316. The molecule has 3 N–H and O–H groups in total. The molecular weight excluding hydrogens is 268 g/mol. The van der Waals surface area contributed by atoms with Gasteiger partial charge in [0.25, 0.3) is 5.91 Å². The molecule has 0 fully saturated rings. The molecule has 1 amide bonds. The van der Waals surface area contributed by atoms with Gasteiger partial charge in [0, 0.05) is 18.3 Å². The Bertz CT molecular complexity index is 617. The Balaban J connectivity index is 2.14. The van der Waals surface area contributed by atoms with E-state index >= 15 is 0 Å². The second-order valence-electron chi connectivity index (χ2n) is 4.93. The summed E-state index contributed by atoms with van der Waals surface area (Å²) in [6.07, 6.45) is 3.32. The van der Waals surface area contributed by atoms with Crippen LogP contribution in [0.4, 0.5) is 11.4 Å². The van der Waals surface area contributed by atoms with Crippen molar-refractivity contribution in [2.45, 2.75) is 26.8 Å². The fraction of sp³-hybridized carbons (Fsp3) is 0.333. The summed E-state index contributed by atoms with van der Waals surface area (Å²) in [4.78, 5) is 16.4. The monoisotopic (exact) mass is 288 g/mol. The molecule has 0 bridgehead atoms. The first-order valence-corrected chi connectivity index (χ1v) is 6.88. The van der Waals surface area contributed by atoms with E-state index in [9.17, 15) is 4.79 Å². The van der Waals surface area contributed by atoms with Crippen molar-refractivity contribution in [3.8, 4) is 5.88 Å². The van der Waals surface area contributed by atoms with Crippen LogP contribution in [0.1, 0.15) is 37.3 Å². The lowest BCUT2D eigenvalue weighted by atomic mass is 10.3. The van der Waals surface area contributed by atoms with Crippen LogP contribution in [0.25, 0.3) is 0 Å². The summed E-state index contributed by atoms with van der Waals surface area (Å²) < 4.78 is 7.10. The second kappa shape index (κ2) is 6.30. The summed E-state index contributed by atoms with van der Waals surface area (Å²) in [5, 5.41) is 2.80. The number of amides is 1. The zero-order valence-corrected chi connectivity index (χ0v) is 12.5. The lowest BCUT2D eigenvalue weighted by molar-refractivity contribution is 0.101. The van der Waals surface area contributed by atoms with Gasteiger partial charge in [0.15, 0.2) is 0 Å². The highest BCUT2D eigenvalue weighted by Gasteiger charge is 2.15. The third kappa shape index (κ3) is 3.53. The van der Waals surface area contributed by atoms with E-state index in [1.165, 1.54) is 0 Å². The zero-order valence-electron chi connectivity index (χ0n) is 12.5. The number of hydrogen-bond donors (Lipinski definition) is 2. The number of hydrogen-bond acceptors (Lipinski definition) is 4. The molecule has 0 radical (unpaired) electrons. The number of nitrogens with one attached hydrogen (secondary N) is 1. The van der Waals surface area contributed by atoms with Gasteiger partial charge in [0.05, 0.1) is 24.2 Å². The molecule has 2 aromatic rings. The standard InChI is InChI=1S/C15H20N4O2/c1-4-21-14-6-5-12(8-17-14)18-15(20)13-7-11(16)9-19(13)10(2)3/h5-10H,4,16H2,1-3H3,(H,18,20). The summed E-state index contributed by atoms with van der Waals surface area (Å²) >= 11 is 0. The Kier molecular flexibility index (Phi) is 4.47. The molecule has 0 spiro atoms. The van der Waals surface area contributed by atoms with Crippen molar-refractivity contribution in [1.29, 1.82) is 0 Å². The number of carbonyl (C=O) groups excluding carboxylic acids is 1. The normalized spacial score (nSPS) is 10.7. The molecule has 112 valence electrons. The summed E-state index contributed by atoms with van der Waals surface area (Å²) in [6, 6.07) is 5.29. The van der Waals surface area contributed by atoms with Gasteiger partial charge in [-0.1, -0.05) is 0 Å². The lowest BCUT2D eigenvalue weighted by Crippen LogP contribution is -2.17. The van der Waals surface area contributed by atoms with E-state index in [0.717, 1.165) is 0 Å². The highest BCUT2D eigenvalue weighted by atomic mass is 16.5. The molecule has 2 rings (SSSR count). The Hall–Kier alpha value is -2.50. The largest absolute Gasteiger partial charge is 0.478 e. The zero-order chi connectivity index (χ0) is 15.4. The van der Waals surface area contributed by atoms with E-state index in [-0.39, 0.29) is 11.9 Å². The van der Waals surface area contributed by atoms with Crippen LogP contribution >= 0.6 is 0 Å². The number of carbonyl (C=O) groups is 1. The number of nitrogen functional groups attached to an aromatic ring is 1. The molecule has 2 aromatic heterocycles. The van der Waals surface area contributed by atoms with Crippen LogP contribution in [0, 0.1) is 0 Å². The highest BCUT2D eigenvalue weighted by Crippen LogP contribution is 2.18. The fourth-order valence-electron chi connectivity index (χ4n) is 1.99. The molecule has 0 aliphatic carbocycles. The van der Waals surface area contributed by atoms with E-state index in [2.05, 4.69) is 10.3 Å². The molecule has 0 atom stereocenters. The van der Waals surface area contributed by atoms with Crippen molar-refractivity contribution in [3.05, 3.63) is 36.3 Å². The van der Waals surface area contributed by atoms with Gasteiger partial charge in [0.2, 0.25) is 5.88 Å². The number of aromatic nitrogens is 2. The molecule has 0 aromatic carbocycles. The number of nitrogens with two attached hydrogens (primary N) is 1. The van der Waals surface area contributed by atoms with Crippen LogP contribution < -0.4 is 15.8 Å². The average molecular weight is 288 g/mol. The van der Waals surface area contributed by atoms with Crippen molar-refractivity contribution in [1.82, 2.24) is 9.55 Å². The van der Waals surface area contributed by atoms with E-state index in [1.807, 2.05) is 25.3 Å². The SMILES string of the molecule is CCOc1ccc(NC(=O)c2cc(N)cn2C(C)C)cn1. The van der Waals surface area contributed by atoms with Crippen LogP contribution in [0.5, 0.6) is 5.88 Å². The van der Waals surface area contributed by atoms with Crippen LogP contribution in [0.15, 0.2) is 30.6 Å². The molecule has 0 saturated heterocycles. The van der Waals surface area contributed by atoms with Crippen molar-refractivity contribution in [2.75, 3.05) is 17.7 Å². The number of rotatable bonds is 5. The number of ether oxygens (including phenoxy) is 1. The van der Waals surface area contributed by atoms with Gasteiger partial charge in [0.1, 0.15) is 5.69 Å². The quantitative estimate of drug-likeness (QED) is 0.886. The number of anilines is 2. The molecular formula is C15H20N4O2. The van der Waals surface area contributed by atoms with Crippen molar-refractivity contribution >= 4 is 17.3 Å². The maximum absolute atomic E-state index is 12.3. The Morgan fingerprint density at radius 2 is 2.24 bits per heavy atom. The van der Waals surface area contributed by atoms with Gasteiger partial charge in [-0.3, -0.25) is 4.79 Å². The molecule has 0 aliphatic heterocycles. The van der Waals surface area contributed by atoms with Crippen molar-refractivity contribution in [3.63, 3.8) is 0 Å². The second-order valence-corrected chi connectivity index (χ2v) is 4.93. The Morgan fingerprint density at radius 3 is 2.81 bits per heavy atom. The first kappa shape index (κ1) is 14.9. The molecule has 0 aliphatic rings. The van der Waals surface area contributed by atoms with Gasteiger partial charge >= 0.3 is 0 Å². The van der Waals surface area contributed by atoms with E-state index < -0.39 is 0 Å². The van der Waals surface area contributed by atoms with Crippen molar-refractivity contribution in [2.24, 2.45) is 0 Å². The molecule has 6 nitrogen and oxygen atoms in total. The predicted molar refractivity (Wildman–Crippen MR) is 82.6 cm³/mol. The average Bonchev–Trinajstić information content (AvgIpc) is 2.84. The maximum Gasteiger partial charge on any atom is 0.272 e.